The van der Waals surface area contributed by atoms with Crippen molar-refractivity contribution in [3.8, 4) is 6.07 Å². The van der Waals surface area contributed by atoms with E-state index in [1.54, 1.807) is 18.5 Å². The van der Waals surface area contributed by atoms with Crippen LogP contribution in [-0.4, -0.2) is 29.6 Å². The second-order valence-electron chi connectivity index (χ2n) is 5.18. The average molecular weight is 279 g/mol. The van der Waals surface area contributed by atoms with Gasteiger partial charge in [0.05, 0.1) is 5.56 Å². The van der Waals surface area contributed by atoms with Gasteiger partial charge in [-0.25, -0.2) is 9.97 Å². The van der Waals surface area contributed by atoms with E-state index in [2.05, 4.69) is 26.3 Å². The Morgan fingerprint density at radius 2 is 2.14 bits per heavy atom. The fourth-order valence-electron chi connectivity index (χ4n) is 2.64. The number of nitrogens with one attached hydrogen (secondary N) is 1. The minimum atomic E-state index is 0.542. The standard InChI is InChI=1S/C16H17N5/c17-10-14-4-3-8-19-16(14)21-9-6-13(12-21)11-20-15-5-1-2-7-18-15/h1-5,7-8,13H,6,9,11-12H2,(H,18,20)/t13-/m1/s1. The molecule has 3 heterocycles. The average Bonchev–Trinajstić information content (AvgIpc) is 3.02. The molecule has 21 heavy (non-hydrogen) atoms. The molecule has 5 heteroatoms. The van der Waals surface area contributed by atoms with Gasteiger partial charge in [0.15, 0.2) is 0 Å². The monoisotopic (exact) mass is 279 g/mol. The van der Waals surface area contributed by atoms with Crippen LogP contribution in [0.2, 0.25) is 0 Å². The predicted octanol–water partition coefficient (Wildman–Crippen LogP) is 2.29. The smallest absolute Gasteiger partial charge is 0.146 e. The molecule has 0 bridgehead atoms. The van der Waals surface area contributed by atoms with Crippen molar-refractivity contribution < 1.29 is 0 Å². The van der Waals surface area contributed by atoms with Gasteiger partial charge in [-0.15, -0.1) is 0 Å². The first-order valence-corrected chi connectivity index (χ1v) is 7.12. The van der Waals surface area contributed by atoms with Crippen LogP contribution in [0.3, 0.4) is 0 Å². The van der Waals surface area contributed by atoms with Crippen LogP contribution in [0.25, 0.3) is 0 Å². The summed E-state index contributed by atoms with van der Waals surface area (Å²) in [6.45, 7) is 2.76. The Labute approximate surface area is 124 Å². The summed E-state index contributed by atoms with van der Waals surface area (Å²) in [5, 5.41) is 12.5. The van der Waals surface area contributed by atoms with Crippen LogP contribution in [0, 0.1) is 17.2 Å². The van der Waals surface area contributed by atoms with Crippen LogP contribution in [-0.2, 0) is 0 Å². The fourth-order valence-corrected chi connectivity index (χ4v) is 2.64. The van der Waals surface area contributed by atoms with Gasteiger partial charge >= 0.3 is 0 Å². The normalized spacial score (nSPS) is 17.5. The van der Waals surface area contributed by atoms with Gasteiger partial charge in [-0.2, -0.15) is 5.26 Å². The first-order chi connectivity index (χ1) is 10.4. The van der Waals surface area contributed by atoms with Crippen molar-refractivity contribution in [2.75, 3.05) is 29.9 Å². The van der Waals surface area contributed by atoms with Crippen molar-refractivity contribution in [2.24, 2.45) is 5.92 Å². The van der Waals surface area contributed by atoms with E-state index in [4.69, 9.17) is 5.26 Å². The number of hydrogen-bond donors (Lipinski definition) is 1. The Kier molecular flexibility index (Phi) is 3.97. The number of nitrogens with zero attached hydrogens (tertiary/aromatic N) is 4. The predicted molar refractivity (Wildman–Crippen MR) is 82.0 cm³/mol. The largest absolute Gasteiger partial charge is 0.370 e. The van der Waals surface area contributed by atoms with E-state index in [0.717, 1.165) is 37.7 Å². The SMILES string of the molecule is N#Cc1cccnc1N1CC[C@H](CNc2ccccn2)C1. The lowest BCUT2D eigenvalue weighted by molar-refractivity contribution is 0.621. The maximum Gasteiger partial charge on any atom is 0.146 e. The molecule has 0 amide bonds. The molecule has 1 fully saturated rings. The van der Waals surface area contributed by atoms with Crippen LogP contribution in [0.15, 0.2) is 42.7 Å². The van der Waals surface area contributed by atoms with Gasteiger partial charge in [0.2, 0.25) is 0 Å². The second-order valence-corrected chi connectivity index (χ2v) is 5.18. The Morgan fingerprint density at radius 1 is 1.24 bits per heavy atom. The molecule has 0 aromatic carbocycles. The molecule has 106 valence electrons. The van der Waals surface area contributed by atoms with Gasteiger partial charge in [0, 0.05) is 32.0 Å². The van der Waals surface area contributed by atoms with Crippen LogP contribution in [0.4, 0.5) is 11.6 Å². The number of pyridine rings is 2. The van der Waals surface area contributed by atoms with Crippen molar-refractivity contribution in [3.05, 3.63) is 48.3 Å². The third-order valence-electron chi connectivity index (χ3n) is 3.73. The lowest BCUT2D eigenvalue weighted by Crippen LogP contribution is -2.24. The van der Waals surface area contributed by atoms with E-state index in [1.807, 2.05) is 24.3 Å². The van der Waals surface area contributed by atoms with Crippen LogP contribution < -0.4 is 10.2 Å². The van der Waals surface area contributed by atoms with Gasteiger partial charge in [-0.3, -0.25) is 0 Å². The molecular formula is C16H17N5. The number of rotatable bonds is 4. The number of aromatic nitrogens is 2. The minimum absolute atomic E-state index is 0.542. The number of hydrogen-bond acceptors (Lipinski definition) is 5. The van der Waals surface area contributed by atoms with E-state index in [0.29, 0.717) is 11.5 Å². The Bertz CT molecular complexity index is 635. The highest BCUT2D eigenvalue weighted by molar-refractivity contribution is 5.54. The molecule has 1 aliphatic heterocycles. The van der Waals surface area contributed by atoms with Crippen molar-refractivity contribution in [2.45, 2.75) is 6.42 Å². The van der Waals surface area contributed by atoms with Crippen molar-refractivity contribution >= 4 is 11.6 Å². The molecule has 1 aliphatic rings. The molecule has 1 saturated heterocycles. The molecule has 3 rings (SSSR count). The molecular weight excluding hydrogens is 262 g/mol. The molecule has 0 unspecified atom stereocenters. The third-order valence-corrected chi connectivity index (χ3v) is 3.73. The van der Waals surface area contributed by atoms with Gasteiger partial charge in [-0.05, 0) is 36.6 Å². The molecule has 0 spiro atoms. The van der Waals surface area contributed by atoms with Crippen molar-refractivity contribution in [1.29, 1.82) is 5.26 Å². The highest BCUT2D eigenvalue weighted by Gasteiger charge is 2.24. The highest BCUT2D eigenvalue weighted by Crippen LogP contribution is 2.24. The molecule has 1 N–H and O–H groups in total. The summed E-state index contributed by atoms with van der Waals surface area (Å²) in [5.41, 5.74) is 0.649. The fraction of sp³-hybridized carbons (Fsp3) is 0.312. The molecule has 1 atom stereocenters. The Balaban J connectivity index is 1.60. The highest BCUT2D eigenvalue weighted by atomic mass is 15.2. The summed E-state index contributed by atoms with van der Waals surface area (Å²) >= 11 is 0. The van der Waals surface area contributed by atoms with Crippen molar-refractivity contribution in [1.82, 2.24) is 9.97 Å². The second kappa shape index (κ2) is 6.23. The maximum absolute atomic E-state index is 9.16. The summed E-state index contributed by atoms with van der Waals surface area (Å²) in [5.74, 6) is 2.26. The maximum atomic E-state index is 9.16. The lowest BCUT2D eigenvalue weighted by atomic mass is 10.1. The lowest BCUT2D eigenvalue weighted by Gasteiger charge is -2.18. The zero-order valence-corrected chi connectivity index (χ0v) is 11.7. The molecule has 0 saturated carbocycles. The Hall–Kier alpha value is -2.61. The van der Waals surface area contributed by atoms with E-state index in [-0.39, 0.29) is 0 Å². The van der Waals surface area contributed by atoms with Gasteiger partial charge in [-0.1, -0.05) is 6.07 Å². The summed E-state index contributed by atoms with van der Waals surface area (Å²) in [4.78, 5) is 10.8. The van der Waals surface area contributed by atoms with Gasteiger partial charge < -0.3 is 10.2 Å². The van der Waals surface area contributed by atoms with E-state index in [9.17, 15) is 0 Å². The van der Waals surface area contributed by atoms with Crippen LogP contribution in [0.5, 0.6) is 0 Å². The molecule has 5 nitrogen and oxygen atoms in total. The number of anilines is 2. The molecule has 2 aromatic heterocycles. The first kappa shape index (κ1) is 13.4. The quantitative estimate of drug-likeness (QED) is 0.930. The van der Waals surface area contributed by atoms with E-state index < -0.39 is 0 Å². The Morgan fingerprint density at radius 3 is 2.95 bits per heavy atom. The van der Waals surface area contributed by atoms with Crippen LogP contribution in [0.1, 0.15) is 12.0 Å². The molecule has 0 aliphatic carbocycles. The summed E-state index contributed by atoms with van der Waals surface area (Å²) in [6, 6.07) is 11.7. The minimum Gasteiger partial charge on any atom is -0.370 e. The number of nitriles is 1. The zero-order chi connectivity index (χ0) is 14.5. The topological polar surface area (TPSA) is 64.8 Å². The summed E-state index contributed by atoms with van der Waals surface area (Å²) < 4.78 is 0. The van der Waals surface area contributed by atoms with Gasteiger partial charge in [0.25, 0.3) is 0 Å². The van der Waals surface area contributed by atoms with Crippen molar-refractivity contribution in [3.63, 3.8) is 0 Å². The van der Waals surface area contributed by atoms with E-state index >= 15 is 0 Å². The van der Waals surface area contributed by atoms with Crippen LogP contribution >= 0.6 is 0 Å². The van der Waals surface area contributed by atoms with E-state index in [1.165, 1.54) is 0 Å². The molecule has 0 radical (unpaired) electrons. The zero-order valence-electron chi connectivity index (χ0n) is 11.7. The summed E-state index contributed by atoms with van der Waals surface area (Å²) in [7, 11) is 0. The molecule has 2 aromatic rings. The van der Waals surface area contributed by atoms with Gasteiger partial charge in [0.1, 0.15) is 17.7 Å². The third kappa shape index (κ3) is 3.11. The summed E-state index contributed by atoms with van der Waals surface area (Å²) in [6.07, 6.45) is 4.63. The first-order valence-electron chi connectivity index (χ1n) is 7.12.